The predicted molar refractivity (Wildman–Crippen MR) is 157 cm³/mol. The van der Waals surface area contributed by atoms with Crippen LogP contribution in [0.25, 0.3) is 0 Å². The van der Waals surface area contributed by atoms with Crippen molar-refractivity contribution in [3.63, 3.8) is 0 Å². The van der Waals surface area contributed by atoms with Crippen LogP contribution >= 0.6 is 0 Å². The first-order valence-corrected chi connectivity index (χ1v) is 16.9. The van der Waals surface area contributed by atoms with Crippen molar-refractivity contribution in [1.29, 1.82) is 0 Å². The van der Waals surface area contributed by atoms with Gasteiger partial charge in [-0.1, -0.05) is 12.1 Å². The second-order valence-electron chi connectivity index (χ2n) is 11.1. The van der Waals surface area contributed by atoms with Crippen LogP contribution in [0.3, 0.4) is 0 Å². The van der Waals surface area contributed by atoms with Crippen LogP contribution in [-0.2, 0) is 25.3 Å². The van der Waals surface area contributed by atoms with Gasteiger partial charge in [-0.25, -0.2) is 21.6 Å². The molecule has 0 radical (unpaired) electrons. The quantitative estimate of drug-likeness (QED) is 0.407. The van der Waals surface area contributed by atoms with E-state index < -0.39 is 43.2 Å². The Balaban J connectivity index is 1.46. The number of aromatic carboxylic acids is 1. The first-order chi connectivity index (χ1) is 19.9. The molecule has 0 aromatic heterocycles. The number of carbonyl (C=O) groups is 2. The lowest BCUT2D eigenvalue weighted by atomic mass is 9.70. The highest BCUT2D eigenvalue weighted by Crippen LogP contribution is 2.59. The number of nitrogens with zero attached hydrogens (tertiary/aromatic N) is 1. The third kappa shape index (κ3) is 4.82. The standard InChI is InChI=1S/C30H30N2O8S2/c1-40-23-6-3-7-24(18-23)42(38,39)32-26-11-10-20(28(33)31-22-5-2-4-21(16-22)29(34)35)17-25(26)30(27(32)19-8-9-19)12-14-41(36,37)15-13-30/h2-7,10-11,16-19,27H,8-9,12-15H2,1H3,(H,31,33)(H,34,35). The van der Waals surface area contributed by atoms with Crippen molar-refractivity contribution < 1.29 is 36.3 Å². The molecule has 12 heteroatoms. The summed E-state index contributed by atoms with van der Waals surface area (Å²) in [6, 6.07) is 16.5. The van der Waals surface area contributed by atoms with E-state index in [-0.39, 0.29) is 46.3 Å². The Kier molecular flexibility index (Phi) is 6.81. The normalized spacial score (nSPS) is 20.6. The van der Waals surface area contributed by atoms with Crippen LogP contribution in [0.15, 0.2) is 71.6 Å². The van der Waals surface area contributed by atoms with Gasteiger partial charge in [0.2, 0.25) is 0 Å². The summed E-state index contributed by atoms with van der Waals surface area (Å²) in [4.78, 5) is 24.8. The number of ether oxygens (including phenoxy) is 1. The molecule has 1 saturated heterocycles. The van der Waals surface area contributed by atoms with E-state index in [1.54, 1.807) is 36.4 Å². The molecule has 220 valence electrons. The fourth-order valence-electron chi connectivity index (χ4n) is 6.41. The predicted octanol–water partition coefficient (Wildman–Crippen LogP) is 4.08. The molecule has 0 bridgehead atoms. The van der Waals surface area contributed by atoms with Crippen LogP contribution in [-0.4, -0.2) is 58.5 Å². The van der Waals surface area contributed by atoms with E-state index in [4.69, 9.17) is 4.74 Å². The first-order valence-electron chi connectivity index (χ1n) is 13.6. The Bertz CT molecular complexity index is 1800. The maximum absolute atomic E-state index is 14.3. The topological polar surface area (TPSA) is 147 Å². The molecule has 6 rings (SSSR count). The van der Waals surface area contributed by atoms with Crippen molar-refractivity contribution in [3.8, 4) is 5.75 Å². The Morgan fingerprint density at radius 3 is 2.36 bits per heavy atom. The molecule has 10 nitrogen and oxygen atoms in total. The minimum atomic E-state index is -4.09. The Labute approximate surface area is 244 Å². The molecule has 3 aromatic carbocycles. The van der Waals surface area contributed by atoms with Crippen molar-refractivity contribution >= 4 is 43.1 Å². The van der Waals surface area contributed by atoms with Crippen LogP contribution in [0.5, 0.6) is 5.75 Å². The molecule has 1 atom stereocenters. The number of nitrogens with one attached hydrogen (secondary N) is 1. The maximum atomic E-state index is 14.3. The zero-order chi connectivity index (χ0) is 29.9. The minimum absolute atomic E-state index is 0.0230. The molecular weight excluding hydrogens is 580 g/mol. The van der Waals surface area contributed by atoms with Gasteiger partial charge >= 0.3 is 5.97 Å². The van der Waals surface area contributed by atoms with Crippen LogP contribution in [0.1, 0.15) is 52.0 Å². The van der Waals surface area contributed by atoms with E-state index in [9.17, 15) is 31.5 Å². The fraction of sp³-hybridized carbons (Fsp3) is 0.333. The largest absolute Gasteiger partial charge is 0.497 e. The molecule has 1 saturated carbocycles. The Morgan fingerprint density at radius 2 is 1.69 bits per heavy atom. The van der Waals surface area contributed by atoms with Gasteiger partial charge < -0.3 is 15.2 Å². The molecule has 1 unspecified atom stereocenters. The molecule has 3 aliphatic rings. The average molecular weight is 611 g/mol. The fourth-order valence-corrected chi connectivity index (χ4v) is 9.80. The Morgan fingerprint density at radius 1 is 0.976 bits per heavy atom. The summed E-state index contributed by atoms with van der Waals surface area (Å²) < 4.78 is 60.6. The number of carboxylic acid groups (broad SMARTS) is 1. The van der Waals surface area contributed by atoms with E-state index in [1.807, 2.05) is 0 Å². The van der Waals surface area contributed by atoms with Crippen molar-refractivity contribution in [2.24, 2.45) is 5.92 Å². The molecule has 2 fully saturated rings. The number of hydrogen-bond donors (Lipinski definition) is 2. The number of methoxy groups -OCH3 is 1. The smallest absolute Gasteiger partial charge is 0.335 e. The van der Waals surface area contributed by atoms with Crippen molar-refractivity contribution in [2.75, 3.05) is 28.2 Å². The van der Waals surface area contributed by atoms with Crippen molar-refractivity contribution in [3.05, 3.63) is 83.4 Å². The maximum Gasteiger partial charge on any atom is 0.335 e. The summed E-state index contributed by atoms with van der Waals surface area (Å²) in [5.41, 5.74) is 0.892. The van der Waals surface area contributed by atoms with Crippen molar-refractivity contribution in [2.45, 2.75) is 42.0 Å². The number of hydrogen-bond acceptors (Lipinski definition) is 7. The SMILES string of the molecule is COc1cccc(S(=O)(=O)N2c3ccc(C(=O)Nc4cccc(C(=O)O)c4)cc3C3(CCS(=O)(=O)CC3)C2C2CC2)c1. The molecule has 3 aromatic rings. The number of amides is 1. The summed E-state index contributed by atoms with van der Waals surface area (Å²) in [5, 5.41) is 12.0. The monoisotopic (exact) mass is 610 g/mol. The van der Waals surface area contributed by atoms with Gasteiger partial charge in [0.1, 0.15) is 15.6 Å². The van der Waals surface area contributed by atoms with Gasteiger partial charge in [-0.05, 0) is 85.7 Å². The molecule has 1 spiro atoms. The second kappa shape index (κ2) is 10.1. The molecule has 42 heavy (non-hydrogen) atoms. The highest BCUT2D eigenvalue weighted by molar-refractivity contribution is 7.93. The number of benzene rings is 3. The second-order valence-corrected chi connectivity index (χ2v) is 15.3. The minimum Gasteiger partial charge on any atom is -0.497 e. The summed E-state index contributed by atoms with van der Waals surface area (Å²) in [5.74, 6) is -1.30. The van der Waals surface area contributed by atoms with Gasteiger partial charge in [0, 0.05) is 22.7 Å². The van der Waals surface area contributed by atoms with Crippen molar-refractivity contribution in [1.82, 2.24) is 0 Å². The number of carbonyl (C=O) groups excluding carboxylic acids is 1. The van der Waals surface area contributed by atoms with Crippen LogP contribution in [0.4, 0.5) is 11.4 Å². The lowest BCUT2D eigenvalue weighted by Gasteiger charge is -2.41. The lowest BCUT2D eigenvalue weighted by molar-refractivity contribution is 0.0696. The van der Waals surface area contributed by atoms with Gasteiger partial charge in [0.05, 0.1) is 40.8 Å². The van der Waals surface area contributed by atoms with E-state index in [0.29, 0.717) is 22.7 Å². The summed E-state index contributed by atoms with van der Waals surface area (Å²) in [7, 11) is -5.91. The summed E-state index contributed by atoms with van der Waals surface area (Å²) in [6.07, 6.45) is 2.15. The van der Waals surface area contributed by atoms with Crippen LogP contribution < -0.4 is 14.4 Å². The van der Waals surface area contributed by atoms with Gasteiger partial charge in [0.25, 0.3) is 15.9 Å². The molecule has 1 aliphatic carbocycles. The van der Waals surface area contributed by atoms with Gasteiger partial charge in [-0.3, -0.25) is 9.10 Å². The van der Waals surface area contributed by atoms with Crippen LogP contribution in [0, 0.1) is 5.92 Å². The zero-order valence-corrected chi connectivity index (χ0v) is 24.4. The molecule has 2 N–H and O–H groups in total. The highest BCUT2D eigenvalue weighted by Gasteiger charge is 2.60. The third-order valence-electron chi connectivity index (χ3n) is 8.60. The number of sulfone groups is 1. The average Bonchev–Trinajstić information content (AvgIpc) is 3.77. The number of sulfonamides is 1. The van der Waals surface area contributed by atoms with Gasteiger partial charge in [0.15, 0.2) is 0 Å². The molecular formula is C30H30N2O8S2. The zero-order valence-electron chi connectivity index (χ0n) is 22.8. The van der Waals surface area contributed by atoms with E-state index in [2.05, 4.69) is 5.32 Å². The number of rotatable bonds is 7. The summed E-state index contributed by atoms with van der Waals surface area (Å²) >= 11 is 0. The van der Waals surface area contributed by atoms with Gasteiger partial charge in [-0.15, -0.1) is 0 Å². The highest BCUT2D eigenvalue weighted by atomic mass is 32.2. The van der Waals surface area contributed by atoms with Crippen LogP contribution in [0.2, 0.25) is 0 Å². The van der Waals surface area contributed by atoms with E-state index in [1.165, 1.54) is 41.7 Å². The van der Waals surface area contributed by atoms with E-state index >= 15 is 0 Å². The van der Waals surface area contributed by atoms with Gasteiger partial charge in [-0.2, -0.15) is 0 Å². The molecule has 2 aliphatic heterocycles. The molecule has 2 heterocycles. The lowest BCUT2D eigenvalue weighted by Crippen LogP contribution is -2.52. The number of carboxylic acids is 1. The summed E-state index contributed by atoms with van der Waals surface area (Å²) in [6.45, 7) is 0. The number of anilines is 2. The first kappa shape index (κ1) is 28.2. The number of fused-ring (bicyclic) bond motifs is 2. The Hall–Kier alpha value is -3.90. The van der Waals surface area contributed by atoms with E-state index in [0.717, 1.165) is 12.8 Å². The third-order valence-corrected chi connectivity index (χ3v) is 12.0. The molecule has 1 amide bonds.